The standard InChI is InChI=1S/C28H35N6O3/c1-30-26-25(27(35)31(2)28(30)36)34(15-7-10-21-8-5-4-6-9-21)24(29-26)20-32-16-18-33(19-17-32)22-11-13-23(37-3)14-12-22/h4-6,8-9,11-14,25H,7,10,15-20H2,1-3H3/q+1. The van der Waals surface area contributed by atoms with Gasteiger partial charge in [-0.3, -0.25) is 19.5 Å². The van der Waals surface area contributed by atoms with E-state index in [2.05, 4.69) is 50.8 Å². The maximum absolute atomic E-state index is 13.2. The van der Waals surface area contributed by atoms with Crippen molar-refractivity contribution in [3.8, 4) is 5.75 Å². The number of methoxy groups -OCH3 is 1. The Balaban J connectivity index is 1.30. The van der Waals surface area contributed by atoms with Gasteiger partial charge in [-0.25, -0.2) is 9.37 Å². The normalized spacial score (nSPS) is 20.5. The highest BCUT2D eigenvalue weighted by atomic mass is 16.5. The number of anilines is 1. The topological polar surface area (TPSA) is 71.7 Å². The van der Waals surface area contributed by atoms with Crippen molar-refractivity contribution in [3.63, 3.8) is 0 Å². The minimum atomic E-state index is -0.543. The van der Waals surface area contributed by atoms with Gasteiger partial charge in [0.25, 0.3) is 17.8 Å². The number of amides is 3. The summed E-state index contributed by atoms with van der Waals surface area (Å²) in [6.45, 7) is 4.97. The van der Waals surface area contributed by atoms with Crippen LogP contribution in [0.15, 0.2) is 59.6 Å². The van der Waals surface area contributed by atoms with Gasteiger partial charge in [0.1, 0.15) is 12.3 Å². The van der Waals surface area contributed by atoms with E-state index in [-0.39, 0.29) is 11.9 Å². The number of carbonyl (C=O) groups excluding carboxylic acids is 2. The van der Waals surface area contributed by atoms with Crippen molar-refractivity contribution in [2.24, 2.45) is 4.99 Å². The van der Waals surface area contributed by atoms with Crippen LogP contribution in [0.5, 0.6) is 5.75 Å². The Morgan fingerprint density at radius 1 is 0.946 bits per heavy atom. The minimum Gasteiger partial charge on any atom is -0.497 e. The molecule has 37 heavy (non-hydrogen) atoms. The van der Waals surface area contributed by atoms with E-state index in [0.29, 0.717) is 18.9 Å². The van der Waals surface area contributed by atoms with Crippen LogP contribution in [0.2, 0.25) is 0 Å². The van der Waals surface area contributed by atoms with Gasteiger partial charge in [-0.05, 0) is 47.7 Å². The van der Waals surface area contributed by atoms with E-state index in [1.807, 2.05) is 18.2 Å². The molecule has 9 nitrogen and oxygen atoms in total. The Hall–Kier alpha value is -3.72. The SMILES string of the molecule is COc1ccc(N2CCN(CC3=[N+](CCCc4ccccc4)C4C(=O)N(C)C(=O)N(C)C4=N3)CC2)cc1. The molecule has 0 spiro atoms. The van der Waals surface area contributed by atoms with Crippen molar-refractivity contribution < 1.29 is 18.9 Å². The molecule has 3 aliphatic rings. The number of carbonyl (C=O) groups is 2. The molecule has 0 N–H and O–H groups in total. The lowest BCUT2D eigenvalue weighted by Crippen LogP contribution is -2.61. The van der Waals surface area contributed by atoms with Crippen LogP contribution in [0, 0.1) is 0 Å². The second-order valence-electron chi connectivity index (χ2n) is 9.77. The zero-order valence-electron chi connectivity index (χ0n) is 21.8. The molecular formula is C28H35N6O3+. The highest BCUT2D eigenvalue weighted by Crippen LogP contribution is 2.22. The van der Waals surface area contributed by atoms with E-state index in [4.69, 9.17) is 9.73 Å². The Kier molecular flexibility index (Phi) is 7.23. The van der Waals surface area contributed by atoms with Crippen LogP contribution >= 0.6 is 0 Å². The number of hydrogen-bond acceptors (Lipinski definition) is 6. The highest BCUT2D eigenvalue weighted by Gasteiger charge is 2.52. The monoisotopic (exact) mass is 503 g/mol. The Bertz CT molecular complexity index is 1200. The molecule has 5 rings (SSSR count). The van der Waals surface area contributed by atoms with E-state index in [0.717, 1.165) is 50.6 Å². The van der Waals surface area contributed by atoms with E-state index in [1.165, 1.54) is 21.1 Å². The van der Waals surface area contributed by atoms with Crippen LogP contribution in [-0.4, -0.2) is 109 Å². The number of amidine groups is 2. The molecular weight excluding hydrogens is 468 g/mol. The number of nitrogens with zero attached hydrogens (tertiary/aromatic N) is 6. The van der Waals surface area contributed by atoms with Gasteiger partial charge >= 0.3 is 11.9 Å². The molecule has 0 radical (unpaired) electrons. The molecule has 1 atom stereocenters. The largest absolute Gasteiger partial charge is 0.497 e. The highest BCUT2D eigenvalue weighted by molar-refractivity contribution is 6.23. The number of urea groups is 1. The first kappa shape index (κ1) is 25.0. The van der Waals surface area contributed by atoms with Crippen molar-refractivity contribution in [2.75, 3.05) is 65.4 Å². The number of benzene rings is 2. The second-order valence-corrected chi connectivity index (χ2v) is 9.77. The quantitative estimate of drug-likeness (QED) is 0.517. The fourth-order valence-corrected chi connectivity index (χ4v) is 5.29. The van der Waals surface area contributed by atoms with E-state index >= 15 is 0 Å². The summed E-state index contributed by atoms with van der Waals surface area (Å²) in [6, 6.07) is 17.7. The van der Waals surface area contributed by atoms with Crippen molar-refractivity contribution >= 4 is 29.3 Å². The summed E-state index contributed by atoms with van der Waals surface area (Å²) >= 11 is 0. The molecule has 2 saturated heterocycles. The fraction of sp³-hybridized carbons (Fsp3) is 0.429. The predicted octanol–water partition coefficient (Wildman–Crippen LogP) is 2.17. The molecule has 0 aromatic heterocycles. The Morgan fingerprint density at radius 2 is 1.65 bits per heavy atom. The van der Waals surface area contributed by atoms with Gasteiger partial charge in [-0.1, -0.05) is 30.3 Å². The van der Waals surface area contributed by atoms with Crippen LogP contribution in [0.25, 0.3) is 0 Å². The summed E-state index contributed by atoms with van der Waals surface area (Å²) in [6.07, 6.45) is 1.82. The number of hydrogen-bond donors (Lipinski definition) is 0. The first-order valence-corrected chi connectivity index (χ1v) is 12.9. The average molecular weight is 504 g/mol. The molecule has 9 heteroatoms. The number of ether oxygens (including phenoxy) is 1. The molecule has 1 unspecified atom stereocenters. The summed E-state index contributed by atoms with van der Waals surface area (Å²) in [5, 5.41) is 0. The van der Waals surface area contributed by atoms with Crippen LogP contribution in [0.1, 0.15) is 12.0 Å². The van der Waals surface area contributed by atoms with Crippen molar-refractivity contribution in [1.82, 2.24) is 14.7 Å². The number of rotatable bonds is 8. The fourth-order valence-electron chi connectivity index (χ4n) is 5.29. The molecule has 0 aliphatic carbocycles. The lowest BCUT2D eigenvalue weighted by atomic mass is 10.1. The zero-order chi connectivity index (χ0) is 25.9. The Labute approximate surface area is 218 Å². The molecule has 2 aromatic rings. The number of aliphatic imine (C=N–C) groups is 1. The van der Waals surface area contributed by atoms with Crippen molar-refractivity contribution in [2.45, 2.75) is 18.9 Å². The first-order chi connectivity index (χ1) is 18.0. The zero-order valence-corrected chi connectivity index (χ0v) is 21.8. The summed E-state index contributed by atoms with van der Waals surface area (Å²) in [5.41, 5.74) is 2.47. The number of imide groups is 1. The molecule has 2 fully saturated rings. The van der Waals surface area contributed by atoms with Gasteiger partial charge < -0.3 is 9.64 Å². The lowest BCUT2D eigenvalue weighted by molar-refractivity contribution is -0.536. The molecule has 194 valence electrons. The van der Waals surface area contributed by atoms with E-state index < -0.39 is 6.04 Å². The van der Waals surface area contributed by atoms with Crippen LogP contribution < -0.4 is 9.64 Å². The summed E-state index contributed by atoms with van der Waals surface area (Å²) in [5.74, 6) is 2.06. The molecule has 3 aliphatic heterocycles. The first-order valence-electron chi connectivity index (χ1n) is 12.9. The van der Waals surface area contributed by atoms with Crippen LogP contribution in [0.4, 0.5) is 10.5 Å². The Morgan fingerprint density at radius 3 is 2.32 bits per heavy atom. The van der Waals surface area contributed by atoms with Crippen molar-refractivity contribution in [3.05, 3.63) is 60.2 Å². The van der Waals surface area contributed by atoms with Gasteiger partial charge in [0.05, 0.1) is 13.7 Å². The number of likely N-dealkylation sites (N-methyl/N-ethyl adjacent to an activating group) is 2. The average Bonchev–Trinajstić information content (AvgIpc) is 3.29. The van der Waals surface area contributed by atoms with Crippen LogP contribution in [-0.2, 0) is 11.2 Å². The van der Waals surface area contributed by atoms with Gasteiger partial charge in [-0.15, -0.1) is 0 Å². The second kappa shape index (κ2) is 10.7. The summed E-state index contributed by atoms with van der Waals surface area (Å²) in [7, 11) is 4.93. The van der Waals surface area contributed by atoms with Crippen LogP contribution in [0.3, 0.4) is 0 Å². The third-order valence-corrected chi connectivity index (χ3v) is 7.50. The molecule has 0 saturated carbocycles. The van der Waals surface area contributed by atoms with Gasteiger partial charge in [0.2, 0.25) is 0 Å². The lowest BCUT2D eigenvalue weighted by Gasteiger charge is -2.35. The van der Waals surface area contributed by atoms with E-state index in [1.54, 1.807) is 21.2 Å². The number of fused-ring (bicyclic) bond motifs is 1. The molecule has 3 heterocycles. The summed E-state index contributed by atoms with van der Waals surface area (Å²) < 4.78 is 7.40. The minimum absolute atomic E-state index is 0.208. The van der Waals surface area contributed by atoms with Gasteiger partial charge in [0, 0.05) is 46.0 Å². The number of aryl methyl sites for hydroxylation is 1. The maximum atomic E-state index is 13.2. The predicted molar refractivity (Wildman–Crippen MR) is 144 cm³/mol. The number of piperazine rings is 1. The molecule has 0 bridgehead atoms. The van der Waals surface area contributed by atoms with E-state index in [9.17, 15) is 9.59 Å². The van der Waals surface area contributed by atoms with Gasteiger partial charge in [-0.2, -0.15) is 0 Å². The van der Waals surface area contributed by atoms with Crippen molar-refractivity contribution in [1.29, 1.82) is 0 Å². The van der Waals surface area contributed by atoms with Gasteiger partial charge in [0.15, 0.2) is 0 Å². The third kappa shape index (κ3) is 5.09. The molecule has 3 amide bonds. The third-order valence-electron chi connectivity index (χ3n) is 7.50. The summed E-state index contributed by atoms with van der Waals surface area (Å²) in [4.78, 5) is 38.2. The molecule has 2 aromatic carbocycles. The smallest absolute Gasteiger partial charge is 0.333 e. The maximum Gasteiger partial charge on any atom is 0.333 e.